The Hall–Kier alpha value is -2.76. The molecule has 0 spiro atoms. The number of nitrogens with two attached hydrogens (primary N) is 2. The lowest BCUT2D eigenvalue weighted by Gasteiger charge is -2.24. The fraction of sp³-hybridized carbons (Fsp3) is 0.556. The van der Waals surface area contributed by atoms with Crippen molar-refractivity contribution >= 4 is 16.6 Å². The number of nitrogen functional groups attached to an aromatic ring is 1. The monoisotopic (exact) mass is 431 g/mol. The molecule has 12 heteroatoms. The Morgan fingerprint density at radius 2 is 1.90 bits per heavy atom. The van der Waals surface area contributed by atoms with E-state index in [1.807, 2.05) is 0 Å². The molecule has 1 aliphatic carbocycles. The lowest BCUT2D eigenvalue weighted by molar-refractivity contribution is -0.178. The first-order chi connectivity index (χ1) is 14.1. The summed E-state index contributed by atoms with van der Waals surface area (Å²) in [5.74, 6) is 1.83. The molecule has 30 heavy (non-hydrogen) atoms. The molecule has 2 heterocycles. The van der Waals surface area contributed by atoms with Gasteiger partial charge in [0.15, 0.2) is 11.6 Å². The van der Waals surface area contributed by atoms with Crippen LogP contribution in [0, 0.1) is 17.7 Å². The molecule has 0 bridgehead atoms. The Balaban J connectivity index is 1.97. The maximum atomic E-state index is 15.1. The van der Waals surface area contributed by atoms with Crippen LogP contribution in [0.4, 0.5) is 23.2 Å². The molecule has 164 valence electrons. The molecule has 1 aliphatic heterocycles. The fourth-order valence-corrected chi connectivity index (χ4v) is 4.26. The lowest BCUT2D eigenvalue weighted by atomic mass is 9.96. The van der Waals surface area contributed by atoms with Crippen molar-refractivity contribution in [2.45, 2.75) is 25.1 Å². The highest BCUT2D eigenvalue weighted by atomic mass is 19.4. The smallest absolute Gasteiger partial charge is 0.393 e. The van der Waals surface area contributed by atoms with Crippen molar-refractivity contribution in [2.75, 3.05) is 37.5 Å². The number of hydrogen-bond acceptors (Lipinski definition) is 6. The molecular weight excluding hydrogens is 410 g/mol. The molecule has 2 aliphatic rings. The van der Waals surface area contributed by atoms with E-state index in [1.54, 1.807) is 0 Å². The van der Waals surface area contributed by atoms with E-state index in [2.05, 4.69) is 0 Å². The number of halogens is 4. The molecular formula is C18H21F4N5O3. The molecule has 1 aromatic carbocycles. The molecule has 4 rings (SSSR count). The number of nitrogens with zero attached hydrogens (tertiary/aromatic N) is 3. The van der Waals surface area contributed by atoms with Crippen molar-refractivity contribution < 1.29 is 22.3 Å². The highest BCUT2D eigenvalue weighted by molar-refractivity contribution is 5.91. The summed E-state index contributed by atoms with van der Waals surface area (Å²) in [4.78, 5) is 26.3. The van der Waals surface area contributed by atoms with Crippen LogP contribution in [-0.2, 0) is 0 Å². The molecule has 1 aromatic heterocycles. The number of ether oxygens (including phenoxy) is 1. The van der Waals surface area contributed by atoms with Crippen LogP contribution in [0.1, 0.15) is 18.9 Å². The van der Waals surface area contributed by atoms with Crippen molar-refractivity contribution in [3.63, 3.8) is 0 Å². The Kier molecular flexibility index (Phi) is 4.71. The van der Waals surface area contributed by atoms with Gasteiger partial charge in [-0.05, 0) is 25.5 Å². The molecule has 2 aromatic rings. The van der Waals surface area contributed by atoms with E-state index in [1.165, 1.54) is 16.6 Å². The molecule has 1 saturated carbocycles. The molecule has 0 amide bonds. The van der Waals surface area contributed by atoms with E-state index in [-0.39, 0.29) is 41.5 Å². The van der Waals surface area contributed by atoms with Gasteiger partial charge in [-0.15, -0.1) is 0 Å². The zero-order valence-corrected chi connectivity index (χ0v) is 16.1. The highest BCUT2D eigenvalue weighted by Crippen LogP contribution is 2.46. The minimum atomic E-state index is -4.50. The number of alkyl halides is 3. The van der Waals surface area contributed by atoms with E-state index in [0.29, 0.717) is 17.5 Å². The first-order valence-corrected chi connectivity index (χ1v) is 9.44. The summed E-state index contributed by atoms with van der Waals surface area (Å²) in [6, 6.07) is 0.649. The van der Waals surface area contributed by atoms with Crippen LogP contribution in [-0.4, -0.2) is 42.2 Å². The third-order valence-corrected chi connectivity index (χ3v) is 5.88. The zero-order valence-electron chi connectivity index (χ0n) is 16.1. The van der Waals surface area contributed by atoms with Gasteiger partial charge in [-0.1, -0.05) is 0 Å². The lowest BCUT2D eigenvalue weighted by Crippen LogP contribution is -2.44. The summed E-state index contributed by atoms with van der Waals surface area (Å²) in [5.41, 5.74) is 3.64. The summed E-state index contributed by atoms with van der Waals surface area (Å²) < 4.78 is 62.5. The Bertz CT molecular complexity index is 1120. The van der Waals surface area contributed by atoms with E-state index in [0.717, 1.165) is 6.07 Å². The van der Waals surface area contributed by atoms with Crippen LogP contribution in [0.15, 0.2) is 15.7 Å². The van der Waals surface area contributed by atoms with E-state index in [4.69, 9.17) is 16.3 Å². The van der Waals surface area contributed by atoms with Crippen LogP contribution in [0.2, 0.25) is 0 Å². The summed E-state index contributed by atoms with van der Waals surface area (Å²) in [7, 11) is 1.21. The third kappa shape index (κ3) is 3.01. The largest absolute Gasteiger partial charge is 0.492 e. The Labute approximate surface area is 167 Å². The Morgan fingerprint density at radius 3 is 2.40 bits per heavy atom. The summed E-state index contributed by atoms with van der Waals surface area (Å²) in [6.07, 6.45) is -3.20. The fourth-order valence-electron chi connectivity index (χ4n) is 4.26. The van der Waals surface area contributed by atoms with Gasteiger partial charge >= 0.3 is 11.9 Å². The number of aromatic nitrogens is 2. The first-order valence-electron chi connectivity index (χ1n) is 9.44. The van der Waals surface area contributed by atoms with Gasteiger partial charge in [-0.3, -0.25) is 9.36 Å². The molecule has 2 atom stereocenters. The number of benzene rings is 1. The summed E-state index contributed by atoms with van der Waals surface area (Å²) in [6.45, 7) is -0.865. The minimum absolute atomic E-state index is 0.0351. The maximum absolute atomic E-state index is 15.1. The normalized spacial score (nSPS) is 22.1. The maximum Gasteiger partial charge on any atom is 0.393 e. The zero-order chi connectivity index (χ0) is 22.0. The molecule has 2 fully saturated rings. The van der Waals surface area contributed by atoms with Gasteiger partial charge < -0.3 is 21.2 Å². The van der Waals surface area contributed by atoms with Crippen molar-refractivity contribution in [3.05, 3.63) is 32.7 Å². The topological polar surface area (TPSA) is 109 Å². The number of methoxy groups -OCH3 is 1. The van der Waals surface area contributed by atoms with Crippen molar-refractivity contribution in [1.82, 2.24) is 9.24 Å². The van der Waals surface area contributed by atoms with Gasteiger partial charge in [0.25, 0.3) is 5.56 Å². The number of hydrogen-bond donors (Lipinski definition) is 2. The molecule has 8 nitrogen and oxygen atoms in total. The Morgan fingerprint density at radius 1 is 1.23 bits per heavy atom. The average Bonchev–Trinajstić information content (AvgIpc) is 3.42. The standard InChI is InChI=1S/C18H21F4N5O3/c1-30-15-13-10(16(28)27(24)17(29)26(13)9-2-3-9)4-12(19)14(15)25-6-8(5-23)11(7-25)18(20,21)22/h4,8-9,11H,2-3,5-7,23-24H2,1H3/t8-,11-/m0/s1. The van der Waals surface area contributed by atoms with Gasteiger partial charge in [0.2, 0.25) is 0 Å². The SMILES string of the molecule is COc1c(N2C[C@H](CN)[C@@H](C(F)(F)F)C2)c(F)cc2c(=O)n(N)c(=O)n(C3CC3)c12. The van der Waals surface area contributed by atoms with Crippen LogP contribution < -0.4 is 32.5 Å². The summed E-state index contributed by atoms with van der Waals surface area (Å²) >= 11 is 0. The van der Waals surface area contributed by atoms with Gasteiger partial charge in [-0.25, -0.2) is 9.18 Å². The predicted octanol–water partition coefficient (Wildman–Crippen LogP) is 0.933. The predicted molar refractivity (Wildman–Crippen MR) is 102 cm³/mol. The third-order valence-electron chi connectivity index (χ3n) is 5.88. The summed E-state index contributed by atoms with van der Waals surface area (Å²) in [5, 5.41) is -0.177. The van der Waals surface area contributed by atoms with Crippen LogP contribution in [0.3, 0.4) is 0 Å². The second-order valence-corrected chi connectivity index (χ2v) is 7.74. The second kappa shape index (κ2) is 6.89. The van der Waals surface area contributed by atoms with Crippen LogP contribution in [0.25, 0.3) is 10.9 Å². The number of fused-ring (bicyclic) bond motifs is 1. The van der Waals surface area contributed by atoms with Crippen molar-refractivity contribution in [2.24, 2.45) is 17.6 Å². The van der Waals surface area contributed by atoms with Gasteiger partial charge in [0.1, 0.15) is 11.2 Å². The van der Waals surface area contributed by atoms with Gasteiger partial charge in [-0.2, -0.15) is 17.8 Å². The molecule has 0 radical (unpaired) electrons. The number of rotatable bonds is 4. The quantitative estimate of drug-likeness (QED) is 0.551. The van der Waals surface area contributed by atoms with E-state index >= 15 is 4.39 Å². The van der Waals surface area contributed by atoms with Crippen molar-refractivity contribution in [3.8, 4) is 5.75 Å². The van der Waals surface area contributed by atoms with Crippen molar-refractivity contribution in [1.29, 1.82) is 0 Å². The number of anilines is 1. The molecule has 0 unspecified atom stereocenters. The highest BCUT2D eigenvalue weighted by Gasteiger charge is 2.50. The van der Waals surface area contributed by atoms with Crippen LogP contribution >= 0.6 is 0 Å². The second-order valence-electron chi connectivity index (χ2n) is 7.74. The van der Waals surface area contributed by atoms with Gasteiger partial charge in [0, 0.05) is 25.0 Å². The molecule has 1 saturated heterocycles. The first kappa shape index (κ1) is 20.5. The van der Waals surface area contributed by atoms with E-state index in [9.17, 15) is 22.8 Å². The van der Waals surface area contributed by atoms with E-state index < -0.39 is 41.6 Å². The van der Waals surface area contributed by atoms with Crippen LogP contribution in [0.5, 0.6) is 5.75 Å². The molecule has 4 N–H and O–H groups in total. The van der Waals surface area contributed by atoms with Gasteiger partial charge in [0.05, 0.1) is 18.4 Å². The average molecular weight is 431 g/mol. The minimum Gasteiger partial charge on any atom is -0.492 e.